The van der Waals surface area contributed by atoms with Crippen molar-refractivity contribution in [1.82, 2.24) is 10.2 Å². The molecule has 1 amide bonds. The Morgan fingerprint density at radius 3 is 2.54 bits per heavy atom. The maximum Gasteiger partial charge on any atom is 0.305 e. The summed E-state index contributed by atoms with van der Waals surface area (Å²) in [6, 6.07) is 6.92. The van der Waals surface area contributed by atoms with Gasteiger partial charge in [0.2, 0.25) is 5.91 Å². The molecule has 0 aromatic heterocycles. The van der Waals surface area contributed by atoms with Crippen LogP contribution in [0.1, 0.15) is 44.7 Å². The zero-order valence-corrected chi connectivity index (χ0v) is 14.9. The SMILES string of the molecule is CC(C)N1CCC(C(=O)N[C@@H](CC(=O)O)c2cccc(Cl)c2)CC1. The van der Waals surface area contributed by atoms with E-state index in [1.165, 1.54) is 0 Å². The summed E-state index contributed by atoms with van der Waals surface area (Å²) in [6.45, 7) is 6.11. The Morgan fingerprint density at radius 2 is 2.00 bits per heavy atom. The summed E-state index contributed by atoms with van der Waals surface area (Å²) in [4.78, 5) is 26.1. The Balaban J connectivity index is 2.01. The highest BCUT2D eigenvalue weighted by Crippen LogP contribution is 2.24. The van der Waals surface area contributed by atoms with Crippen LogP contribution in [0.15, 0.2) is 24.3 Å². The lowest BCUT2D eigenvalue weighted by molar-refractivity contribution is -0.138. The number of carboxylic acid groups (broad SMARTS) is 1. The number of halogens is 1. The predicted octanol–water partition coefficient (Wildman–Crippen LogP) is 3.09. The smallest absolute Gasteiger partial charge is 0.305 e. The summed E-state index contributed by atoms with van der Waals surface area (Å²) in [6.07, 6.45) is 1.45. The first-order valence-electron chi connectivity index (χ1n) is 8.38. The first-order valence-corrected chi connectivity index (χ1v) is 8.76. The zero-order valence-electron chi connectivity index (χ0n) is 14.2. The number of amides is 1. The van der Waals surface area contributed by atoms with Gasteiger partial charge in [0.05, 0.1) is 12.5 Å². The summed E-state index contributed by atoms with van der Waals surface area (Å²) in [7, 11) is 0. The molecular formula is C18H25ClN2O3. The molecule has 24 heavy (non-hydrogen) atoms. The number of hydrogen-bond acceptors (Lipinski definition) is 3. The number of aliphatic carboxylic acids is 1. The van der Waals surface area contributed by atoms with Crippen molar-refractivity contribution in [3.63, 3.8) is 0 Å². The Kier molecular flexibility index (Phi) is 6.63. The van der Waals surface area contributed by atoms with Crippen molar-refractivity contribution in [2.24, 2.45) is 5.92 Å². The van der Waals surface area contributed by atoms with Crippen LogP contribution in [0.25, 0.3) is 0 Å². The van der Waals surface area contributed by atoms with Gasteiger partial charge in [-0.3, -0.25) is 9.59 Å². The fourth-order valence-corrected chi connectivity index (χ4v) is 3.32. The Morgan fingerprint density at radius 1 is 1.33 bits per heavy atom. The lowest BCUT2D eigenvalue weighted by atomic mass is 9.94. The molecular weight excluding hydrogens is 328 g/mol. The number of benzene rings is 1. The van der Waals surface area contributed by atoms with Crippen molar-refractivity contribution in [2.45, 2.75) is 45.2 Å². The molecule has 1 aliphatic rings. The minimum atomic E-state index is -0.949. The van der Waals surface area contributed by atoms with Gasteiger partial charge in [0.25, 0.3) is 0 Å². The van der Waals surface area contributed by atoms with Gasteiger partial charge < -0.3 is 15.3 Å². The third-order valence-electron chi connectivity index (χ3n) is 4.58. The van der Waals surface area contributed by atoms with E-state index in [1.54, 1.807) is 24.3 Å². The van der Waals surface area contributed by atoms with Gasteiger partial charge in [0, 0.05) is 17.0 Å². The average Bonchev–Trinajstić information content (AvgIpc) is 2.53. The number of carboxylic acids is 1. The van der Waals surface area contributed by atoms with Crippen LogP contribution in [0, 0.1) is 5.92 Å². The van der Waals surface area contributed by atoms with Crippen molar-refractivity contribution < 1.29 is 14.7 Å². The van der Waals surface area contributed by atoms with Crippen molar-refractivity contribution in [3.8, 4) is 0 Å². The van der Waals surface area contributed by atoms with Crippen molar-refractivity contribution in [3.05, 3.63) is 34.9 Å². The van der Waals surface area contributed by atoms with E-state index in [-0.39, 0.29) is 18.2 Å². The van der Waals surface area contributed by atoms with Crippen LogP contribution in [-0.4, -0.2) is 41.0 Å². The predicted molar refractivity (Wildman–Crippen MR) is 94.0 cm³/mol. The number of nitrogens with zero attached hydrogens (tertiary/aromatic N) is 1. The highest BCUT2D eigenvalue weighted by atomic mass is 35.5. The molecule has 2 N–H and O–H groups in total. The molecule has 1 heterocycles. The largest absolute Gasteiger partial charge is 0.481 e. The second-order valence-corrected chi connectivity index (χ2v) is 7.05. The van der Waals surface area contributed by atoms with E-state index in [2.05, 4.69) is 24.1 Å². The summed E-state index contributed by atoms with van der Waals surface area (Å²) >= 11 is 5.99. The van der Waals surface area contributed by atoms with Gasteiger partial charge in [-0.2, -0.15) is 0 Å². The van der Waals surface area contributed by atoms with Crippen molar-refractivity contribution in [1.29, 1.82) is 0 Å². The molecule has 0 saturated carbocycles. The molecule has 1 aromatic carbocycles. The van der Waals surface area contributed by atoms with Crippen molar-refractivity contribution >= 4 is 23.5 Å². The molecule has 1 aliphatic heterocycles. The number of carbonyl (C=O) groups is 2. The van der Waals surface area contributed by atoms with Crippen LogP contribution in [0.3, 0.4) is 0 Å². The number of nitrogens with one attached hydrogen (secondary N) is 1. The number of hydrogen-bond donors (Lipinski definition) is 2. The molecule has 132 valence electrons. The second kappa shape index (κ2) is 8.49. The second-order valence-electron chi connectivity index (χ2n) is 6.62. The standard InChI is InChI=1S/C18H25ClN2O3/c1-12(2)21-8-6-13(7-9-21)18(24)20-16(11-17(22)23)14-4-3-5-15(19)10-14/h3-5,10,12-13,16H,6-9,11H2,1-2H3,(H,20,24)(H,22,23)/t16-/m0/s1. The summed E-state index contributed by atoms with van der Waals surface area (Å²) in [5.74, 6) is -1.07. The van der Waals surface area contributed by atoms with Crippen LogP contribution in [0.2, 0.25) is 5.02 Å². The van der Waals surface area contributed by atoms with Gasteiger partial charge >= 0.3 is 5.97 Å². The molecule has 5 nitrogen and oxygen atoms in total. The average molecular weight is 353 g/mol. The van der Waals surface area contributed by atoms with Crippen LogP contribution >= 0.6 is 11.6 Å². The fourth-order valence-electron chi connectivity index (χ4n) is 3.12. The third kappa shape index (κ3) is 5.21. The van der Waals surface area contributed by atoms with Gasteiger partial charge in [0.1, 0.15) is 0 Å². The molecule has 0 aliphatic carbocycles. The lowest BCUT2D eigenvalue weighted by Gasteiger charge is -2.34. The normalized spacial score (nSPS) is 17.7. The molecule has 0 unspecified atom stereocenters. The molecule has 0 spiro atoms. The van der Waals surface area contributed by atoms with Crippen LogP contribution in [0.5, 0.6) is 0 Å². The van der Waals surface area contributed by atoms with Gasteiger partial charge in [-0.05, 0) is 57.5 Å². The number of piperidine rings is 1. The van der Waals surface area contributed by atoms with E-state index in [0.29, 0.717) is 11.1 Å². The minimum Gasteiger partial charge on any atom is -0.481 e. The molecule has 1 saturated heterocycles. The number of carbonyl (C=O) groups excluding carboxylic acids is 1. The van der Waals surface area contributed by atoms with E-state index in [1.807, 2.05) is 0 Å². The Bertz CT molecular complexity index is 583. The maximum atomic E-state index is 12.6. The maximum absolute atomic E-state index is 12.6. The van der Waals surface area contributed by atoms with Crippen molar-refractivity contribution in [2.75, 3.05) is 13.1 Å². The highest BCUT2D eigenvalue weighted by Gasteiger charge is 2.28. The molecule has 0 radical (unpaired) electrons. The van der Waals surface area contributed by atoms with Crippen LogP contribution < -0.4 is 5.32 Å². The summed E-state index contributed by atoms with van der Waals surface area (Å²) < 4.78 is 0. The van der Waals surface area contributed by atoms with E-state index in [9.17, 15) is 9.59 Å². The van der Waals surface area contributed by atoms with E-state index in [4.69, 9.17) is 16.7 Å². The fraction of sp³-hybridized carbons (Fsp3) is 0.556. The summed E-state index contributed by atoms with van der Waals surface area (Å²) in [5.41, 5.74) is 0.720. The first-order chi connectivity index (χ1) is 11.4. The van der Waals surface area contributed by atoms with Crippen LogP contribution in [0.4, 0.5) is 0 Å². The summed E-state index contributed by atoms with van der Waals surface area (Å²) in [5, 5.41) is 12.6. The first kappa shape index (κ1) is 18.7. The monoisotopic (exact) mass is 352 g/mol. The van der Waals surface area contributed by atoms with Gasteiger partial charge in [-0.25, -0.2) is 0 Å². The zero-order chi connectivity index (χ0) is 17.7. The number of rotatable bonds is 6. The topological polar surface area (TPSA) is 69.6 Å². The molecule has 1 fully saturated rings. The minimum absolute atomic E-state index is 0.0597. The highest BCUT2D eigenvalue weighted by molar-refractivity contribution is 6.30. The van der Waals surface area contributed by atoms with Gasteiger partial charge in [-0.15, -0.1) is 0 Å². The van der Waals surface area contributed by atoms with Gasteiger partial charge in [-0.1, -0.05) is 23.7 Å². The molecule has 6 heteroatoms. The molecule has 1 atom stereocenters. The lowest BCUT2D eigenvalue weighted by Crippen LogP contribution is -2.44. The van der Waals surface area contributed by atoms with E-state index >= 15 is 0 Å². The van der Waals surface area contributed by atoms with Crippen LogP contribution in [-0.2, 0) is 9.59 Å². The van der Waals surface area contributed by atoms with E-state index in [0.717, 1.165) is 31.5 Å². The molecule has 1 aromatic rings. The van der Waals surface area contributed by atoms with E-state index < -0.39 is 12.0 Å². The Labute approximate surface area is 148 Å². The third-order valence-corrected chi connectivity index (χ3v) is 4.81. The Hall–Kier alpha value is -1.59. The molecule has 2 rings (SSSR count). The molecule has 0 bridgehead atoms. The quantitative estimate of drug-likeness (QED) is 0.825. The number of likely N-dealkylation sites (tertiary alicyclic amines) is 1. The van der Waals surface area contributed by atoms with Gasteiger partial charge in [0.15, 0.2) is 0 Å².